The Morgan fingerprint density at radius 1 is 0.882 bits per heavy atom. The monoisotopic (exact) mass is 445 g/mol. The molecule has 0 nitrogen and oxygen atoms in total. The van der Waals surface area contributed by atoms with E-state index >= 15 is 0 Å². The van der Waals surface area contributed by atoms with Crippen molar-refractivity contribution in [1.82, 2.24) is 0 Å². The Balaban J connectivity index is 2.54. The van der Waals surface area contributed by atoms with Crippen LogP contribution in [-0.2, 0) is 0 Å². The molecule has 3 aromatic carbocycles. The van der Waals surface area contributed by atoms with Crippen LogP contribution in [0.5, 0.6) is 0 Å². The number of hydrogen-bond acceptors (Lipinski definition) is 0. The van der Waals surface area contributed by atoms with Crippen LogP contribution in [0, 0.1) is 7.14 Å². The molecular weight excluding hydrogens is 434 g/mol. The van der Waals surface area contributed by atoms with Gasteiger partial charge in [0.05, 0.1) is 0 Å². The molecule has 0 aliphatic heterocycles. The van der Waals surface area contributed by atoms with Gasteiger partial charge < -0.3 is 0 Å². The third-order valence-electron chi connectivity index (χ3n) is 2.97. The van der Waals surface area contributed by atoms with Crippen molar-refractivity contribution in [3.8, 4) is 0 Å². The zero-order valence-electron chi connectivity index (χ0n) is 9.37. The molecule has 0 amide bonds. The fourth-order valence-electron chi connectivity index (χ4n) is 2.20. The Hall–Kier alpha value is -0.360. The van der Waals surface area contributed by atoms with E-state index in [0.717, 1.165) is 0 Å². The van der Waals surface area contributed by atoms with Crippen LogP contribution < -0.4 is 21.2 Å². The van der Waals surface area contributed by atoms with Crippen molar-refractivity contribution >= 4 is 44.1 Å². The summed E-state index contributed by atoms with van der Waals surface area (Å²) in [5.74, 6) is 0. The van der Waals surface area contributed by atoms with Crippen molar-refractivity contribution in [3.05, 3.63) is 55.7 Å². The molecule has 0 saturated carbocycles. The molecule has 0 aliphatic rings. The van der Waals surface area contributed by atoms with Crippen LogP contribution in [0.25, 0.3) is 21.5 Å². The summed E-state index contributed by atoms with van der Waals surface area (Å²) in [5, 5.41) is 5.60. The predicted molar refractivity (Wildman–Crippen MR) is 78.8 cm³/mol. The van der Waals surface area contributed by atoms with E-state index in [-0.39, 0.29) is 21.2 Å². The first kappa shape index (κ1) is 11.7. The second-order valence-electron chi connectivity index (χ2n) is 3.96. The van der Waals surface area contributed by atoms with Crippen molar-refractivity contribution in [2.24, 2.45) is 0 Å². The molecule has 0 aliphatic carbocycles. The summed E-state index contributed by atoms with van der Waals surface area (Å²) >= 11 is 2.50. The van der Waals surface area contributed by atoms with Crippen LogP contribution in [0.2, 0.25) is 0 Å². The Bertz CT molecular complexity index is 702. The standard InChI is InChI=1S/C15H11I2/c1-17-15-9-10-8-11(16)6-7-12(10)13-4-2-3-5-14(13)15/h2-9H,1H3/q-1. The molecule has 0 fully saturated rings. The molecule has 0 radical (unpaired) electrons. The van der Waals surface area contributed by atoms with Crippen LogP contribution >= 0.6 is 22.6 Å². The summed E-state index contributed by atoms with van der Waals surface area (Å²) in [6, 6.07) is 17.9. The van der Waals surface area contributed by atoms with E-state index < -0.39 is 0 Å². The van der Waals surface area contributed by atoms with Crippen LogP contribution in [0.4, 0.5) is 0 Å². The molecule has 0 aromatic heterocycles. The van der Waals surface area contributed by atoms with Crippen molar-refractivity contribution < 1.29 is 21.2 Å². The van der Waals surface area contributed by atoms with E-state index in [1.165, 1.54) is 25.1 Å². The molecule has 0 heterocycles. The average Bonchev–Trinajstić information content (AvgIpc) is 2.37. The van der Waals surface area contributed by atoms with Crippen molar-refractivity contribution in [2.45, 2.75) is 0 Å². The number of benzene rings is 3. The van der Waals surface area contributed by atoms with Crippen molar-refractivity contribution in [2.75, 3.05) is 4.93 Å². The van der Waals surface area contributed by atoms with Crippen molar-refractivity contribution in [1.29, 1.82) is 0 Å². The molecule has 17 heavy (non-hydrogen) atoms. The van der Waals surface area contributed by atoms with Gasteiger partial charge in [-0.1, -0.05) is 0 Å². The van der Waals surface area contributed by atoms with Gasteiger partial charge >= 0.3 is 126 Å². The first-order chi connectivity index (χ1) is 8.29. The maximum atomic E-state index is 2.38. The molecule has 0 bridgehead atoms. The van der Waals surface area contributed by atoms with Gasteiger partial charge in [0.1, 0.15) is 0 Å². The van der Waals surface area contributed by atoms with Gasteiger partial charge in [0.15, 0.2) is 0 Å². The summed E-state index contributed by atoms with van der Waals surface area (Å²) < 4.78 is 2.86. The third kappa shape index (κ3) is 2.05. The molecule has 86 valence electrons. The molecule has 2 heteroatoms. The average molecular weight is 445 g/mol. The number of alkyl halides is 1. The molecule has 3 aromatic rings. The zero-order valence-corrected chi connectivity index (χ0v) is 13.7. The summed E-state index contributed by atoms with van der Waals surface area (Å²) in [6.07, 6.45) is 0. The Morgan fingerprint density at radius 2 is 1.65 bits per heavy atom. The summed E-state index contributed by atoms with van der Waals surface area (Å²) in [5.41, 5.74) is 0. The molecule has 0 atom stereocenters. The van der Waals surface area contributed by atoms with Gasteiger partial charge in [0.2, 0.25) is 0 Å². The summed E-state index contributed by atoms with van der Waals surface area (Å²) in [7, 11) is 0. The van der Waals surface area contributed by atoms with Crippen LogP contribution in [0.1, 0.15) is 0 Å². The second kappa shape index (κ2) is 4.72. The molecule has 0 spiro atoms. The number of halogens is 2. The zero-order chi connectivity index (χ0) is 11.8. The maximum absolute atomic E-state index is 2.38. The van der Waals surface area contributed by atoms with E-state index in [0.29, 0.717) is 0 Å². The Kier molecular flexibility index (Phi) is 3.25. The third-order valence-corrected chi connectivity index (χ3v) is 5.70. The number of rotatable bonds is 1. The normalized spacial score (nSPS) is 11.4. The fraction of sp³-hybridized carbons (Fsp3) is 0.0667. The molecule has 3 rings (SSSR count). The van der Waals surface area contributed by atoms with E-state index in [4.69, 9.17) is 0 Å². The van der Waals surface area contributed by atoms with Crippen LogP contribution in [0.3, 0.4) is 0 Å². The van der Waals surface area contributed by atoms with E-state index in [2.05, 4.69) is 76.1 Å². The van der Waals surface area contributed by atoms with Crippen LogP contribution in [-0.4, -0.2) is 4.93 Å². The van der Waals surface area contributed by atoms with Gasteiger partial charge in [-0.2, -0.15) is 0 Å². The number of hydrogen-bond donors (Lipinski definition) is 0. The van der Waals surface area contributed by atoms with E-state index in [9.17, 15) is 0 Å². The number of fused-ring (bicyclic) bond motifs is 3. The first-order valence-corrected chi connectivity index (χ1v) is 9.71. The van der Waals surface area contributed by atoms with Gasteiger partial charge in [0.25, 0.3) is 0 Å². The quantitative estimate of drug-likeness (QED) is 0.303. The Labute approximate surface area is 125 Å². The molecular formula is C15H11I2-. The summed E-state index contributed by atoms with van der Waals surface area (Å²) in [6.45, 7) is 0. The fourth-order valence-corrected chi connectivity index (χ4v) is 4.41. The van der Waals surface area contributed by atoms with Crippen molar-refractivity contribution in [3.63, 3.8) is 0 Å². The van der Waals surface area contributed by atoms with Gasteiger partial charge in [0, 0.05) is 0 Å². The minimum absolute atomic E-state index is 0.120. The minimum atomic E-state index is 0.120. The summed E-state index contributed by atoms with van der Waals surface area (Å²) in [4.78, 5) is 2.33. The van der Waals surface area contributed by atoms with Gasteiger partial charge in [-0.25, -0.2) is 0 Å². The molecule has 0 saturated heterocycles. The van der Waals surface area contributed by atoms with Gasteiger partial charge in [-0.3, -0.25) is 0 Å². The van der Waals surface area contributed by atoms with Crippen LogP contribution in [0.15, 0.2) is 48.5 Å². The van der Waals surface area contributed by atoms with E-state index in [1.54, 1.807) is 3.57 Å². The second-order valence-corrected chi connectivity index (χ2v) is 7.44. The van der Waals surface area contributed by atoms with Gasteiger partial charge in [-0.05, 0) is 0 Å². The molecule has 0 N–H and O–H groups in total. The Morgan fingerprint density at radius 3 is 2.41 bits per heavy atom. The topological polar surface area (TPSA) is 0 Å². The van der Waals surface area contributed by atoms with E-state index in [1.807, 2.05) is 0 Å². The first-order valence-electron chi connectivity index (χ1n) is 5.40. The SMILES string of the molecule is C[I-]c1cc2cc(I)ccc2c2ccccc12. The molecule has 0 unspecified atom stereocenters. The van der Waals surface area contributed by atoms with Gasteiger partial charge in [-0.15, -0.1) is 0 Å². The predicted octanol–water partition coefficient (Wildman–Crippen LogP) is 1.49.